The molecule has 0 spiro atoms. The van der Waals surface area contributed by atoms with E-state index in [-0.39, 0.29) is 0 Å². The Morgan fingerprint density at radius 2 is 2.00 bits per heavy atom. The molecule has 0 aliphatic heterocycles. The number of ether oxygens (including phenoxy) is 1. The predicted molar refractivity (Wildman–Crippen MR) is 71.7 cm³/mol. The number of aromatic nitrogens is 2. The molecule has 1 aromatic carbocycles. The molecule has 0 saturated heterocycles. The molecule has 0 saturated carbocycles. The summed E-state index contributed by atoms with van der Waals surface area (Å²) >= 11 is 0. The monoisotopic (exact) mass is 252 g/mol. The van der Waals surface area contributed by atoms with Crippen LogP contribution in [-0.4, -0.2) is 17.1 Å². The zero-order valence-corrected chi connectivity index (χ0v) is 10.4. The van der Waals surface area contributed by atoms with Crippen molar-refractivity contribution in [3.05, 3.63) is 54.9 Å². The number of rotatable bonds is 3. The van der Waals surface area contributed by atoms with E-state index in [1.807, 2.05) is 42.5 Å². The first-order chi connectivity index (χ1) is 9.36. The second-order valence-corrected chi connectivity index (χ2v) is 3.98. The molecule has 0 aliphatic rings. The van der Waals surface area contributed by atoms with Gasteiger partial charge in [0.05, 0.1) is 13.3 Å². The van der Waals surface area contributed by atoms with Crippen LogP contribution in [0.1, 0.15) is 0 Å². The highest BCUT2D eigenvalue weighted by Crippen LogP contribution is 2.26. The van der Waals surface area contributed by atoms with Gasteiger partial charge in [-0.1, -0.05) is 12.1 Å². The average molecular weight is 252 g/mol. The van der Waals surface area contributed by atoms with Gasteiger partial charge in [0.15, 0.2) is 5.76 Å². The Bertz CT molecular complexity index is 677. The van der Waals surface area contributed by atoms with Gasteiger partial charge in [0, 0.05) is 11.8 Å². The molecule has 0 amide bonds. The Balaban J connectivity index is 1.97. The van der Waals surface area contributed by atoms with Gasteiger partial charge >= 0.3 is 0 Å². The second-order valence-electron chi connectivity index (χ2n) is 3.98. The zero-order chi connectivity index (χ0) is 13.1. The first-order valence-corrected chi connectivity index (χ1v) is 5.88. The summed E-state index contributed by atoms with van der Waals surface area (Å²) in [5.74, 6) is 1.98. The average Bonchev–Trinajstić information content (AvgIpc) is 2.98. The van der Waals surface area contributed by atoms with Crippen LogP contribution in [0.4, 0.5) is 0 Å². The minimum absolute atomic E-state index is 0.555. The molecule has 0 N–H and O–H groups in total. The predicted octanol–water partition coefficient (Wildman–Crippen LogP) is 3.41. The van der Waals surface area contributed by atoms with E-state index in [0.29, 0.717) is 11.7 Å². The molecule has 2 heterocycles. The van der Waals surface area contributed by atoms with E-state index < -0.39 is 0 Å². The largest absolute Gasteiger partial charge is 0.497 e. The molecule has 19 heavy (non-hydrogen) atoms. The van der Waals surface area contributed by atoms with Crippen molar-refractivity contribution >= 4 is 0 Å². The summed E-state index contributed by atoms with van der Waals surface area (Å²) < 4.78 is 10.9. The minimum Gasteiger partial charge on any atom is -0.497 e. The smallest absolute Gasteiger partial charge is 0.226 e. The van der Waals surface area contributed by atoms with Crippen LogP contribution in [0.25, 0.3) is 22.9 Å². The van der Waals surface area contributed by atoms with Gasteiger partial charge in [-0.3, -0.25) is 4.98 Å². The van der Waals surface area contributed by atoms with E-state index in [9.17, 15) is 0 Å². The summed E-state index contributed by atoms with van der Waals surface area (Å²) in [5, 5.41) is 0. The molecular weight excluding hydrogens is 240 g/mol. The minimum atomic E-state index is 0.555. The molecule has 2 aromatic heterocycles. The standard InChI is InChI=1S/C15H12N2O2/c1-18-12-6-4-5-11(9-12)15-17-10-14(19-15)13-7-2-3-8-16-13/h2-10H,1H3. The summed E-state index contributed by atoms with van der Waals surface area (Å²) in [5.41, 5.74) is 1.64. The van der Waals surface area contributed by atoms with Crippen molar-refractivity contribution in [3.63, 3.8) is 0 Å². The maximum absolute atomic E-state index is 5.73. The third kappa shape index (κ3) is 2.33. The van der Waals surface area contributed by atoms with Crippen LogP contribution in [0, 0.1) is 0 Å². The van der Waals surface area contributed by atoms with Gasteiger partial charge in [-0.25, -0.2) is 4.98 Å². The highest BCUT2D eigenvalue weighted by Gasteiger charge is 2.09. The van der Waals surface area contributed by atoms with Crippen LogP contribution in [-0.2, 0) is 0 Å². The quantitative estimate of drug-likeness (QED) is 0.716. The molecule has 0 aliphatic carbocycles. The molecule has 0 atom stereocenters. The summed E-state index contributed by atoms with van der Waals surface area (Å²) in [6, 6.07) is 13.3. The third-order valence-corrected chi connectivity index (χ3v) is 2.74. The fourth-order valence-corrected chi connectivity index (χ4v) is 1.79. The van der Waals surface area contributed by atoms with E-state index in [2.05, 4.69) is 9.97 Å². The highest BCUT2D eigenvalue weighted by atomic mass is 16.5. The van der Waals surface area contributed by atoms with Gasteiger partial charge in [-0.15, -0.1) is 0 Å². The van der Waals surface area contributed by atoms with E-state index >= 15 is 0 Å². The van der Waals surface area contributed by atoms with Crippen molar-refractivity contribution < 1.29 is 9.15 Å². The van der Waals surface area contributed by atoms with Crippen LogP contribution >= 0.6 is 0 Å². The Kier molecular flexibility index (Phi) is 2.98. The van der Waals surface area contributed by atoms with Crippen molar-refractivity contribution in [2.75, 3.05) is 7.11 Å². The topological polar surface area (TPSA) is 48.2 Å². The van der Waals surface area contributed by atoms with Gasteiger partial charge in [-0.05, 0) is 30.3 Å². The summed E-state index contributed by atoms with van der Waals surface area (Å²) in [4.78, 5) is 8.51. The number of methoxy groups -OCH3 is 1. The van der Waals surface area contributed by atoms with Crippen LogP contribution in [0.15, 0.2) is 59.3 Å². The normalized spacial score (nSPS) is 10.4. The number of hydrogen-bond acceptors (Lipinski definition) is 4. The lowest BCUT2D eigenvalue weighted by atomic mass is 10.2. The van der Waals surface area contributed by atoms with Crippen LogP contribution < -0.4 is 4.74 Å². The van der Waals surface area contributed by atoms with Crippen LogP contribution in [0.3, 0.4) is 0 Å². The first kappa shape index (κ1) is 11.5. The number of oxazole rings is 1. The molecule has 0 fully saturated rings. The Morgan fingerprint density at radius 3 is 2.79 bits per heavy atom. The van der Waals surface area contributed by atoms with Gasteiger partial charge in [0.1, 0.15) is 11.4 Å². The first-order valence-electron chi connectivity index (χ1n) is 5.88. The third-order valence-electron chi connectivity index (χ3n) is 2.74. The molecule has 4 heteroatoms. The Labute approximate surface area is 110 Å². The van der Waals surface area contributed by atoms with Crippen molar-refractivity contribution in [2.45, 2.75) is 0 Å². The van der Waals surface area contributed by atoms with E-state index in [1.165, 1.54) is 0 Å². The molecule has 0 bridgehead atoms. The molecule has 0 unspecified atom stereocenters. The lowest BCUT2D eigenvalue weighted by molar-refractivity contribution is 0.415. The summed E-state index contributed by atoms with van der Waals surface area (Å²) in [6.07, 6.45) is 3.40. The number of hydrogen-bond donors (Lipinski definition) is 0. The fraction of sp³-hybridized carbons (Fsp3) is 0.0667. The maximum Gasteiger partial charge on any atom is 0.226 e. The lowest BCUT2D eigenvalue weighted by Gasteiger charge is -2.00. The molecule has 0 radical (unpaired) electrons. The highest BCUT2D eigenvalue weighted by molar-refractivity contribution is 5.59. The van der Waals surface area contributed by atoms with Crippen molar-refractivity contribution in [3.8, 4) is 28.7 Å². The fourth-order valence-electron chi connectivity index (χ4n) is 1.79. The van der Waals surface area contributed by atoms with Gasteiger partial charge in [0.2, 0.25) is 5.89 Å². The van der Waals surface area contributed by atoms with Crippen LogP contribution in [0.2, 0.25) is 0 Å². The van der Waals surface area contributed by atoms with Gasteiger partial charge in [0.25, 0.3) is 0 Å². The van der Waals surface area contributed by atoms with Crippen molar-refractivity contribution in [1.82, 2.24) is 9.97 Å². The Hall–Kier alpha value is -2.62. The maximum atomic E-state index is 5.73. The van der Waals surface area contributed by atoms with Crippen molar-refractivity contribution in [2.24, 2.45) is 0 Å². The van der Waals surface area contributed by atoms with Gasteiger partial charge < -0.3 is 9.15 Å². The molecule has 4 nitrogen and oxygen atoms in total. The summed E-state index contributed by atoms with van der Waals surface area (Å²) in [6.45, 7) is 0. The number of pyridine rings is 1. The molecular formula is C15H12N2O2. The van der Waals surface area contributed by atoms with E-state index in [0.717, 1.165) is 17.0 Å². The lowest BCUT2D eigenvalue weighted by Crippen LogP contribution is -1.83. The van der Waals surface area contributed by atoms with E-state index in [4.69, 9.17) is 9.15 Å². The SMILES string of the molecule is COc1cccc(-c2ncc(-c3ccccn3)o2)c1. The van der Waals surface area contributed by atoms with Crippen LogP contribution in [0.5, 0.6) is 5.75 Å². The molecule has 3 rings (SSSR count). The number of benzene rings is 1. The van der Waals surface area contributed by atoms with Gasteiger partial charge in [-0.2, -0.15) is 0 Å². The molecule has 3 aromatic rings. The molecule has 94 valence electrons. The van der Waals surface area contributed by atoms with Crippen molar-refractivity contribution in [1.29, 1.82) is 0 Å². The van der Waals surface area contributed by atoms with E-state index in [1.54, 1.807) is 19.5 Å². The Morgan fingerprint density at radius 1 is 1.05 bits per heavy atom. The number of nitrogens with zero attached hydrogens (tertiary/aromatic N) is 2. The second kappa shape index (κ2) is 4.94. The zero-order valence-electron chi connectivity index (χ0n) is 10.4. The summed E-state index contributed by atoms with van der Waals surface area (Å²) in [7, 11) is 1.63.